The highest BCUT2D eigenvalue weighted by molar-refractivity contribution is 5.95. The van der Waals surface area contributed by atoms with E-state index in [1.54, 1.807) is 46.4 Å². The van der Waals surface area contributed by atoms with Crippen molar-refractivity contribution < 1.29 is 28.7 Å². The lowest BCUT2D eigenvalue weighted by molar-refractivity contribution is -0.159. The van der Waals surface area contributed by atoms with Crippen LogP contribution in [0.25, 0.3) is 0 Å². The van der Waals surface area contributed by atoms with Crippen molar-refractivity contribution in [1.82, 2.24) is 15.5 Å². The van der Waals surface area contributed by atoms with Crippen molar-refractivity contribution in [3.05, 3.63) is 70.8 Å². The van der Waals surface area contributed by atoms with Gasteiger partial charge < -0.3 is 25.0 Å². The lowest BCUT2D eigenvalue weighted by Gasteiger charge is -2.45. The monoisotopic (exact) mass is 665 g/mol. The number of ether oxygens (including phenoxy) is 2. The van der Waals surface area contributed by atoms with Crippen molar-refractivity contribution in [3.8, 4) is 0 Å². The number of carbonyl (C=O) groups is 4. The molecular weight excluding hydrogens is 606 g/mol. The SMILES string of the molecule is CCC(C)(C)N(C(=O)C(CC(C)C)NC(=O)OC(C)(C)C)C(C(=O)NC(Cc1ccccc1)C(=O)OC(C)(C)C)c1c(C)cccc1C. The second-order valence-electron chi connectivity index (χ2n) is 15.7. The normalized spacial score (nSPS) is 14.0. The highest BCUT2D eigenvalue weighted by atomic mass is 16.6. The summed E-state index contributed by atoms with van der Waals surface area (Å²) in [6.07, 6.45) is 0.316. The van der Waals surface area contributed by atoms with Gasteiger partial charge in [-0.15, -0.1) is 0 Å². The number of carbonyl (C=O) groups excluding carboxylic acids is 4. The Morgan fingerprint density at radius 3 is 1.77 bits per heavy atom. The van der Waals surface area contributed by atoms with E-state index in [0.717, 1.165) is 16.7 Å². The number of hydrogen-bond donors (Lipinski definition) is 2. The molecule has 0 bridgehead atoms. The number of alkyl carbamates (subject to hydrolysis) is 1. The summed E-state index contributed by atoms with van der Waals surface area (Å²) in [5.41, 5.74) is 0.736. The number of nitrogens with zero attached hydrogens (tertiary/aromatic N) is 1. The van der Waals surface area contributed by atoms with Crippen molar-refractivity contribution in [1.29, 1.82) is 0 Å². The van der Waals surface area contributed by atoms with Crippen LogP contribution in [0.4, 0.5) is 4.79 Å². The smallest absolute Gasteiger partial charge is 0.408 e. The van der Waals surface area contributed by atoms with E-state index >= 15 is 0 Å². The maximum atomic E-state index is 14.9. The summed E-state index contributed by atoms with van der Waals surface area (Å²) in [5, 5.41) is 5.82. The average Bonchev–Trinajstić information content (AvgIpc) is 2.93. The molecule has 3 unspecified atom stereocenters. The third kappa shape index (κ3) is 12.0. The van der Waals surface area contributed by atoms with Crippen molar-refractivity contribution in [3.63, 3.8) is 0 Å². The van der Waals surface area contributed by atoms with E-state index in [2.05, 4.69) is 10.6 Å². The standard InChI is InChI=1S/C39H59N3O6/c1-14-39(12,13)42(34(44)29(23-25(2)3)41-36(46)48-38(9,10)11)32(31-26(4)19-18-20-27(31)5)33(43)40-30(35(45)47-37(6,7)8)24-28-21-16-15-17-22-28/h15-22,25,29-30,32H,14,23-24H2,1-13H3,(H,40,43)(H,41,46). The van der Waals surface area contributed by atoms with E-state index in [0.29, 0.717) is 18.4 Å². The molecule has 0 heterocycles. The molecule has 266 valence electrons. The molecule has 0 aromatic heterocycles. The first-order valence-electron chi connectivity index (χ1n) is 17.0. The van der Waals surface area contributed by atoms with E-state index < -0.39 is 58.7 Å². The van der Waals surface area contributed by atoms with Gasteiger partial charge >= 0.3 is 12.1 Å². The number of nitrogens with one attached hydrogen (secondary N) is 2. The molecule has 2 aromatic carbocycles. The molecule has 9 heteroatoms. The molecule has 9 nitrogen and oxygen atoms in total. The highest BCUT2D eigenvalue weighted by Gasteiger charge is 2.45. The van der Waals surface area contributed by atoms with Gasteiger partial charge in [-0.3, -0.25) is 9.59 Å². The van der Waals surface area contributed by atoms with E-state index in [-0.39, 0.29) is 12.3 Å². The number of amides is 3. The molecule has 48 heavy (non-hydrogen) atoms. The highest BCUT2D eigenvalue weighted by Crippen LogP contribution is 2.36. The van der Waals surface area contributed by atoms with Crippen LogP contribution in [0.1, 0.15) is 117 Å². The minimum absolute atomic E-state index is 0.0374. The Balaban J connectivity index is 2.77. The van der Waals surface area contributed by atoms with Crippen molar-refractivity contribution >= 4 is 23.9 Å². The molecular formula is C39H59N3O6. The molecule has 0 radical (unpaired) electrons. The zero-order valence-electron chi connectivity index (χ0n) is 31.4. The number of aryl methyl sites for hydroxylation is 2. The van der Waals surface area contributed by atoms with Gasteiger partial charge in [0.1, 0.15) is 29.3 Å². The van der Waals surface area contributed by atoms with Crippen molar-refractivity contribution in [2.75, 3.05) is 0 Å². The summed E-state index contributed by atoms with van der Waals surface area (Å²) in [5.74, 6) is -1.47. The molecule has 2 aromatic rings. The van der Waals surface area contributed by atoms with Crippen LogP contribution in [0, 0.1) is 19.8 Å². The van der Waals surface area contributed by atoms with Crippen molar-refractivity contribution in [2.24, 2.45) is 5.92 Å². The zero-order chi connectivity index (χ0) is 36.6. The molecule has 0 aliphatic heterocycles. The van der Waals surface area contributed by atoms with Crippen LogP contribution in [0.15, 0.2) is 48.5 Å². The number of esters is 1. The Morgan fingerprint density at radius 1 is 0.750 bits per heavy atom. The Hall–Kier alpha value is -3.88. The van der Waals surface area contributed by atoms with Crippen LogP contribution in [0.5, 0.6) is 0 Å². The third-order valence-corrected chi connectivity index (χ3v) is 8.06. The molecule has 2 N–H and O–H groups in total. The molecule has 3 atom stereocenters. The van der Waals surface area contributed by atoms with Gasteiger partial charge in [-0.2, -0.15) is 0 Å². The molecule has 2 rings (SSSR count). The van der Waals surface area contributed by atoms with Gasteiger partial charge in [0.2, 0.25) is 11.8 Å². The van der Waals surface area contributed by atoms with Gasteiger partial charge in [-0.1, -0.05) is 69.3 Å². The van der Waals surface area contributed by atoms with E-state index in [9.17, 15) is 19.2 Å². The van der Waals surface area contributed by atoms with Gasteiger partial charge in [-0.05, 0) is 110 Å². The topological polar surface area (TPSA) is 114 Å². The predicted octanol–water partition coefficient (Wildman–Crippen LogP) is 7.37. The first-order chi connectivity index (χ1) is 22.1. The lowest BCUT2D eigenvalue weighted by Crippen LogP contribution is -2.60. The first-order valence-corrected chi connectivity index (χ1v) is 17.0. The van der Waals surface area contributed by atoms with E-state index in [4.69, 9.17) is 9.47 Å². The van der Waals surface area contributed by atoms with Gasteiger partial charge in [-0.25, -0.2) is 9.59 Å². The second-order valence-corrected chi connectivity index (χ2v) is 15.7. The Bertz CT molecular complexity index is 1380. The largest absolute Gasteiger partial charge is 0.458 e. The van der Waals surface area contributed by atoms with Gasteiger partial charge in [0.05, 0.1) is 0 Å². The molecule has 0 spiro atoms. The lowest BCUT2D eigenvalue weighted by atomic mass is 9.87. The molecule has 0 fully saturated rings. The summed E-state index contributed by atoms with van der Waals surface area (Å²) in [7, 11) is 0. The van der Waals surface area contributed by atoms with Crippen LogP contribution >= 0.6 is 0 Å². The van der Waals surface area contributed by atoms with Gasteiger partial charge in [0.25, 0.3) is 0 Å². The fourth-order valence-electron chi connectivity index (χ4n) is 5.56. The zero-order valence-corrected chi connectivity index (χ0v) is 31.4. The molecule has 0 saturated heterocycles. The molecule has 0 aliphatic rings. The predicted molar refractivity (Wildman–Crippen MR) is 190 cm³/mol. The summed E-state index contributed by atoms with van der Waals surface area (Å²) < 4.78 is 11.3. The van der Waals surface area contributed by atoms with Crippen LogP contribution in [-0.4, -0.2) is 57.6 Å². The summed E-state index contributed by atoms with van der Waals surface area (Å²) in [6.45, 7) is 24.2. The molecule has 3 amide bonds. The Morgan fingerprint density at radius 2 is 1.29 bits per heavy atom. The summed E-state index contributed by atoms with van der Waals surface area (Å²) in [4.78, 5) is 58.0. The van der Waals surface area contributed by atoms with E-state index in [1.807, 2.05) is 97.0 Å². The molecule has 0 aliphatic carbocycles. The molecule has 0 saturated carbocycles. The van der Waals surface area contributed by atoms with Crippen LogP contribution in [-0.2, 0) is 30.3 Å². The fraction of sp³-hybridized carbons (Fsp3) is 0.590. The number of rotatable bonds is 13. The maximum absolute atomic E-state index is 14.9. The average molecular weight is 666 g/mol. The van der Waals surface area contributed by atoms with E-state index in [1.165, 1.54) is 0 Å². The van der Waals surface area contributed by atoms with Gasteiger partial charge in [0.15, 0.2) is 0 Å². The van der Waals surface area contributed by atoms with Crippen LogP contribution in [0.2, 0.25) is 0 Å². The second kappa shape index (κ2) is 16.5. The quantitative estimate of drug-likeness (QED) is 0.216. The summed E-state index contributed by atoms with van der Waals surface area (Å²) in [6, 6.07) is 12.0. The fourth-order valence-corrected chi connectivity index (χ4v) is 5.56. The van der Waals surface area contributed by atoms with Crippen LogP contribution in [0.3, 0.4) is 0 Å². The van der Waals surface area contributed by atoms with Crippen molar-refractivity contribution in [2.45, 2.75) is 144 Å². The number of hydrogen-bond acceptors (Lipinski definition) is 6. The third-order valence-electron chi connectivity index (χ3n) is 8.06. The Labute approximate surface area is 288 Å². The Kier molecular flexibility index (Phi) is 13.8. The number of benzene rings is 2. The van der Waals surface area contributed by atoms with Crippen LogP contribution < -0.4 is 10.6 Å². The minimum Gasteiger partial charge on any atom is -0.458 e. The minimum atomic E-state index is -1.13. The maximum Gasteiger partial charge on any atom is 0.408 e. The van der Waals surface area contributed by atoms with Gasteiger partial charge in [0, 0.05) is 12.0 Å². The summed E-state index contributed by atoms with van der Waals surface area (Å²) >= 11 is 0. The first kappa shape index (κ1) is 40.3.